The molecule has 1 fully saturated rings. The zero-order valence-electron chi connectivity index (χ0n) is 15.9. The van der Waals surface area contributed by atoms with Crippen LogP contribution in [0.15, 0.2) is 24.3 Å². The predicted octanol–water partition coefficient (Wildman–Crippen LogP) is 1.03. The number of nitrogens with zero attached hydrogens (tertiary/aromatic N) is 1. The number of carbonyl (C=O) groups is 3. The molecule has 27 heavy (non-hydrogen) atoms. The molecule has 8 heteroatoms. The minimum Gasteiger partial charge on any atom is -0.497 e. The van der Waals surface area contributed by atoms with Crippen LogP contribution in [0.1, 0.15) is 32.3 Å². The molecule has 1 aliphatic rings. The van der Waals surface area contributed by atoms with Gasteiger partial charge in [-0.3, -0.25) is 14.5 Å². The Labute approximate surface area is 158 Å². The molecular weight excluding hydrogens is 350 g/mol. The third-order valence-corrected chi connectivity index (χ3v) is 4.87. The summed E-state index contributed by atoms with van der Waals surface area (Å²) in [5.41, 5.74) is 0.779. The summed E-state index contributed by atoms with van der Waals surface area (Å²) in [6.07, 6.45) is 0.650. The van der Waals surface area contributed by atoms with Crippen molar-refractivity contribution in [1.29, 1.82) is 0 Å². The van der Waals surface area contributed by atoms with Crippen molar-refractivity contribution in [3.8, 4) is 5.75 Å². The monoisotopic (exact) mass is 377 g/mol. The van der Waals surface area contributed by atoms with E-state index in [-0.39, 0.29) is 37.4 Å². The van der Waals surface area contributed by atoms with Gasteiger partial charge in [0.1, 0.15) is 11.8 Å². The van der Waals surface area contributed by atoms with E-state index >= 15 is 0 Å². The lowest BCUT2D eigenvalue weighted by Gasteiger charge is -2.22. The molecule has 0 aromatic heterocycles. The molecular formula is C19H27N3O5. The Hall–Kier alpha value is -2.61. The molecule has 4 amide bonds. The Kier molecular flexibility index (Phi) is 7.18. The number of hydrogen-bond acceptors (Lipinski definition) is 5. The van der Waals surface area contributed by atoms with E-state index in [1.54, 1.807) is 31.4 Å². The summed E-state index contributed by atoms with van der Waals surface area (Å²) >= 11 is 0. The average Bonchev–Trinajstić information content (AvgIpc) is 2.93. The molecule has 1 aromatic carbocycles. The molecule has 3 atom stereocenters. The minimum absolute atomic E-state index is 0.111. The quantitative estimate of drug-likeness (QED) is 0.557. The maximum Gasteiger partial charge on any atom is 0.325 e. The van der Waals surface area contributed by atoms with E-state index in [2.05, 4.69) is 10.6 Å². The van der Waals surface area contributed by atoms with Crippen molar-refractivity contribution >= 4 is 17.8 Å². The Morgan fingerprint density at radius 3 is 2.56 bits per heavy atom. The molecule has 0 saturated carbocycles. The van der Waals surface area contributed by atoms with E-state index in [4.69, 9.17) is 4.74 Å². The second kappa shape index (κ2) is 9.36. The van der Waals surface area contributed by atoms with Crippen molar-refractivity contribution in [2.24, 2.45) is 5.92 Å². The first-order chi connectivity index (χ1) is 12.9. The number of nitrogens with one attached hydrogen (secondary N) is 2. The number of ether oxygens (including phenoxy) is 1. The van der Waals surface area contributed by atoms with Crippen molar-refractivity contribution < 1.29 is 24.2 Å². The molecule has 0 bridgehead atoms. The van der Waals surface area contributed by atoms with Gasteiger partial charge in [0.2, 0.25) is 5.91 Å². The van der Waals surface area contributed by atoms with Crippen LogP contribution >= 0.6 is 0 Å². The van der Waals surface area contributed by atoms with Crippen LogP contribution < -0.4 is 15.4 Å². The Bertz CT molecular complexity index is 676. The fraction of sp³-hybridized carbons (Fsp3) is 0.526. The average molecular weight is 377 g/mol. The molecule has 8 nitrogen and oxygen atoms in total. The maximum absolute atomic E-state index is 12.5. The van der Waals surface area contributed by atoms with Crippen molar-refractivity contribution in [3.63, 3.8) is 0 Å². The standard InChI is InChI=1S/C19H27N3O5/c1-4-12(2)16(11-23)20-17(24)9-15-18(25)22(19(26)21-15)10-13-5-7-14(27-3)8-6-13/h5-8,12,15-16,23H,4,9-11H2,1-3H3,(H,20,24)(H,21,26)/t12-,15-,16-/m0/s1. The van der Waals surface area contributed by atoms with Crippen molar-refractivity contribution in [2.75, 3.05) is 13.7 Å². The molecule has 1 heterocycles. The minimum atomic E-state index is -0.896. The fourth-order valence-corrected chi connectivity index (χ4v) is 2.88. The van der Waals surface area contributed by atoms with Crippen LogP contribution in [0.25, 0.3) is 0 Å². The molecule has 3 N–H and O–H groups in total. The number of aliphatic hydroxyl groups excluding tert-OH is 1. The number of amides is 4. The lowest BCUT2D eigenvalue weighted by Crippen LogP contribution is -2.44. The molecule has 0 unspecified atom stereocenters. The highest BCUT2D eigenvalue weighted by Gasteiger charge is 2.39. The summed E-state index contributed by atoms with van der Waals surface area (Å²) in [6.45, 7) is 3.85. The van der Waals surface area contributed by atoms with E-state index in [1.807, 2.05) is 13.8 Å². The summed E-state index contributed by atoms with van der Waals surface area (Å²) in [7, 11) is 1.56. The summed E-state index contributed by atoms with van der Waals surface area (Å²) in [5.74, 6) is -0.0148. The number of imide groups is 1. The van der Waals surface area contributed by atoms with Gasteiger partial charge in [-0.15, -0.1) is 0 Å². The third kappa shape index (κ3) is 5.19. The molecule has 148 valence electrons. The highest BCUT2D eigenvalue weighted by molar-refractivity contribution is 6.05. The van der Waals surface area contributed by atoms with Crippen molar-refractivity contribution in [2.45, 2.75) is 45.3 Å². The number of urea groups is 1. The number of rotatable bonds is 9. The van der Waals surface area contributed by atoms with E-state index in [1.165, 1.54) is 0 Å². The van der Waals surface area contributed by atoms with Gasteiger partial charge in [0, 0.05) is 0 Å². The number of carbonyl (C=O) groups excluding carboxylic acids is 3. The first kappa shape index (κ1) is 20.7. The second-order valence-corrected chi connectivity index (χ2v) is 6.72. The number of aliphatic hydroxyl groups is 1. The van der Waals surface area contributed by atoms with Crippen molar-refractivity contribution in [3.05, 3.63) is 29.8 Å². The van der Waals surface area contributed by atoms with Crippen LogP contribution in [-0.2, 0) is 16.1 Å². The lowest BCUT2D eigenvalue weighted by atomic mass is 9.99. The van der Waals surface area contributed by atoms with E-state index in [0.29, 0.717) is 5.75 Å². The first-order valence-electron chi connectivity index (χ1n) is 9.04. The molecule has 0 radical (unpaired) electrons. The van der Waals surface area contributed by atoms with Gasteiger partial charge in [-0.05, 0) is 23.6 Å². The molecule has 1 aliphatic heterocycles. The molecule has 1 aromatic rings. The lowest BCUT2D eigenvalue weighted by molar-refractivity contribution is -0.131. The van der Waals surface area contributed by atoms with Crippen LogP contribution in [0.5, 0.6) is 5.75 Å². The highest BCUT2D eigenvalue weighted by Crippen LogP contribution is 2.17. The molecule has 2 rings (SSSR count). The summed E-state index contributed by atoms with van der Waals surface area (Å²) < 4.78 is 5.09. The van der Waals surface area contributed by atoms with Gasteiger partial charge in [-0.25, -0.2) is 4.79 Å². The van der Waals surface area contributed by atoms with Crippen LogP contribution in [0, 0.1) is 5.92 Å². The number of methoxy groups -OCH3 is 1. The topological polar surface area (TPSA) is 108 Å². The Balaban J connectivity index is 1.95. The normalized spacial score (nSPS) is 18.8. The zero-order valence-corrected chi connectivity index (χ0v) is 15.9. The van der Waals surface area contributed by atoms with Gasteiger partial charge in [0.25, 0.3) is 5.91 Å². The van der Waals surface area contributed by atoms with E-state index in [9.17, 15) is 19.5 Å². The predicted molar refractivity (Wildman–Crippen MR) is 99.0 cm³/mol. The van der Waals surface area contributed by atoms with Gasteiger partial charge >= 0.3 is 6.03 Å². The third-order valence-electron chi connectivity index (χ3n) is 4.87. The molecule has 1 saturated heterocycles. The fourth-order valence-electron chi connectivity index (χ4n) is 2.88. The van der Waals surface area contributed by atoms with Crippen LogP contribution in [0.2, 0.25) is 0 Å². The number of hydrogen-bond donors (Lipinski definition) is 3. The van der Waals surface area contributed by atoms with E-state index in [0.717, 1.165) is 16.9 Å². The summed E-state index contributed by atoms with van der Waals surface area (Å²) in [5, 5.41) is 14.7. The van der Waals surface area contributed by atoms with Gasteiger partial charge in [-0.1, -0.05) is 32.4 Å². The molecule has 0 spiro atoms. The van der Waals surface area contributed by atoms with Gasteiger partial charge in [0.15, 0.2) is 0 Å². The van der Waals surface area contributed by atoms with Gasteiger partial charge in [0.05, 0.1) is 32.7 Å². The second-order valence-electron chi connectivity index (χ2n) is 6.72. The SMILES string of the molecule is CC[C@H](C)[C@H](CO)NC(=O)C[C@@H]1NC(=O)N(Cc2ccc(OC)cc2)C1=O. The first-order valence-corrected chi connectivity index (χ1v) is 9.04. The highest BCUT2D eigenvalue weighted by atomic mass is 16.5. The Morgan fingerprint density at radius 2 is 2.00 bits per heavy atom. The van der Waals surface area contributed by atoms with Gasteiger partial charge < -0.3 is 20.5 Å². The largest absolute Gasteiger partial charge is 0.497 e. The maximum atomic E-state index is 12.5. The van der Waals surface area contributed by atoms with Crippen molar-refractivity contribution in [1.82, 2.24) is 15.5 Å². The number of benzene rings is 1. The smallest absolute Gasteiger partial charge is 0.325 e. The van der Waals surface area contributed by atoms with Crippen LogP contribution in [0.3, 0.4) is 0 Å². The van der Waals surface area contributed by atoms with E-state index < -0.39 is 18.0 Å². The van der Waals surface area contributed by atoms with Crippen LogP contribution in [-0.4, -0.2) is 53.7 Å². The summed E-state index contributed by atoms with van der Waals surface area (Å²) in [4.78, 5) is 38.0. The Morgan fingerprint density at radius 1 is 1.33 bits per heavy atom. The summed E-state index contributed by atoms with van der Waals surface area (Å²) in [6, 6.07) is 5.27. The zero-order chi connectivity index (χ0) is 20.0. The van der Waals surface area contributed by atoms with Gasteiger partial charge in [-0.2, -0.15) is 0 Å². The van der Waals surface area contributed by atoms with Crippen LogP contribution in [0.4, 0.5) is 4.79 Å². The molecule has 0 aliphatic carbocycles.